The van der Waals surface area contributed by atoms with E-state index in [4.69, 9.17) is 0 Å². The van der Waals surface area contributed by atoms with E-state index in [1.54, 1.807) is 0 Å². The van der Waals surface area contributed by atoms with Gasteiger partial charge in [-0.15, -0.1) is 0 Å². The van der Waals surface area contributed by atoms with Crippen LogP contribution >= 0.6 is 11.3 Å². The summed E-state index contributed by atoms with van der Waals surface area (Å²) in [6, 6.07) is 3.22. The van der Waals surface area contributed by atoms with E-state index in [-0.39, 0.29) is 5.39 Å². The van der Waals surface area contributed by atoms with E-state index >= 15 is 0 Å². The van der Waals surface area contributed by atoms with Crippen LogP contribution in [0.15, 0.2) is 23.0 Å². The maximum absolute atomic E-state index is 12.7. The third kappa shape index (κ3) is 2.86. The van der Waals surface area contributed by atoms with Crippen molar-refractivity contribution in [1.82, 2.24) is 10.3 Å². The van der Waals surface area contributed by atoms with Gasteiger partial charge in [-0.05, 0) is 18.2 Å². The van der Waals surface area contributed by atoms with Gasteiger partial charge >= 0.3 is 6.18 Å². The molecule has 4 nitrogen and oxygen atoms in total. The number of piperazine rings is 1. The number of hydrogen-bond donors (Lipinski definition) is 1. The van der Waals surface area contributed by atoms with Crippen molar-refractivity contribution in [2.24, 2.45) is 0 Å². The molecule has 1 aromatic carbocycles. The SMILES string of the molecule is O=c1nc(N2CCNCC2)sc2ccc(C(F)(F)F)cc12. The van der Waals surface area contributed by atoms with E-state index in [2.05, 4.69) is 10.3 Å². The zero-order valence-corrected chi connectivity index (χ0v) is 11.7. The van der Waals surface area contributed by atoms with Crippen molar-refractivity contribution >= 4 is 26.6 Å². The molecular formula is C13H12F3N3OS. The summed E-state index contributed by atoms with van der Waals surface area (Å²) in [5.74, 6) is 0. The van der Waals surface area contributed by atoms with Gasteiger partial charge in [0.25, 0.3) is 5.56 Å². The van der Waals surface area contributed by atoms with Crippen LogP contribution < -0.4 is 15.8 Å². The summed E-state index contributed by atoms with van der Waals surface area (Å²) in [4.78, 5) is 17.9. The molecule has 21 heavy (non-hydrogen) atoms. The molecule has 0 radical (unpaired) electrons. The highest BCUT2D eigenvalue weighted by molar-refractivity contribution is 7.21. The summed E-state index contributed by atoms with van der Waals surface area (Å²) in [5, 5.41) is 3.78. The number of fused-ring (bicyclic) bond motifs is 1. The molecule has 0 bridgehead atoms. The van der Waals surface area contributed by atoms with E-state index in [9.17, 15) is 18.0 Å². The average Bonchev–Trinajstić information content (AvgIpc) is 2.47. The number of hydrogen-bond acceptors (Lipinski definition) is 5. The van der Waals surface area contributed by atoms with Crippen LogP contribution in [0.5, 0.6) is 0 Å². The number of rotatable bonds is 1. The Morgan fingerprint density at radius 3 is 2.62 bits per heavy atom. The number of alkyl halides is 3. The summed E-state index contributed by atoms with van der Waals surface area (Å²) in [5.41, 5.74) is -1.43. The number of aromatic nitrogens is 1. The Morgan fingerprint density at radius 1 is 1.24 bits per heavy atom. The van der Waals surface area contributed by atoms with Crippen LogP contribution in [0.1, 0.15) is 5.56 Å². The molecule has 1 aliphatic rings. The monoisotopic (exact) mass is 315 g/mol. The summed E-state index contributed by atoms with van der Waals surface area (Å²) >= 11 is 1.25. The molecule has 1 saturated heterocycles. The second-order valence-corrected chi connectivity index (χ2v) is 5.76. The summed E-state index contributed by atoms with van der Waals surface area (Å²) in [6.07, 6.45) is -4.46. The molecule has 112 valence electrons. The number of anilines is 1. The molecule has 2 aromatic rings. The van der Waals surface area contributed by atoms with Crippen molar-refractivity contribution in [2.75, 3.05) is 31.1 Å². The molecule has 1 aliphatic heterocycles. The number of halogens is 3. The molecule has 1 N–H and O–H groups in total. The lowest BCUT2D eigenvalue weighted by Crippen LogP contribution is -2.44. The summed E-state index contributed by atoms with van der Waals surface area (Å²) in [6.45, 7) is 3.06. The van der Waals surface area contributed by atoms with Crippen molar-refractivity contribution in [3.05, 3.63) is 34.1 Å². The molecule has 0 spiro atoms. The minimum absolute atomic E-state index is 0.0220. The lowest BCUT2D eigenvalue weighted by atomic mass is 10.2. The molecule has 3 rings (SSSR count). The number of nitrogens with one attached hydrogen (secondary N) is 1. The van der Waals surface area contributed by atoms with Crippen LogP contribution in [0.2, 0.25) is 0 Å². The van der Waals surface area contributed by atoms with Gasteiger partial charge in [0.05, 0.1) is 10.9 Å². The van der Waals surface area contributed by atoms with Crippen molar-refractivity contribution < 1.29 is 13.2 Å². The molecule has 0 saturated carbocycles. The molecule has 0 atom stereocenters. The van der Waals surface area contributed by atoms with Gasteiger partial charge in [0.1, 0.15) is 0 Å². The predicted octanol–water partition coefficient (Wildman–Crippen LogP) is 2.08. The standard InChI is InChI=1S/C13H12F3N3OS/c14-13(15,16)8-1-2-10-9(7-8)11(20)18-12(21-10)19-5-3-17-4-6-19/h1-2,7,17H,3-6H2. The Bertz CT molecular complexity index is 723. The Kier molecular flexibility index (Phi) is 3.58. The van der Waals surface area contributed by atoms with Crippen molar-refractivity contribution in [2.45, 2.75) is 6.18 Å². The van der Waals surface area contributed by atoms with Gasteiger partial charge in [-0.1, -0.05) is 11.3 Å². The van der Waals surface area contributed by atoms with E-state index in [1.165, 1.54) is 17.4 Å². The third-order valence-corrected chi connectivity index (χ3v) is 4.43. The van der Waals surface area contributed by atoms with Crippen molar-refractivity contribution in [3.63, 3.8) is 0 Å². The lowest BCUT2D eigenvalue weighted by molar-refractivity contribution is -0.137. The first kappa shape index (κ1) is 14.3. The van der Waals surface area contributed by atoms with Crippen molar-refractivity contribution in [1.29, 1.82) is 0 Å². The number of nitrogens with zero attached hydrogens (tertiary/aromatic N) is 2. The second-order valence-electron chi connectivity index (χ2n) is 4.75. The van der Waals surface area contributed by atoms with Crippen LogP contribution in [0.25, 0.3) is 10.1 Å². The van der Waals surface area contributed by atoms with Gasteiger partial charge in [0.2, 0.25) is 0 Å². The second kappa shape index (κ2) is 5.27. The maximum atomic E-state index is 12.7. The quantitative estimate of drug-likeness (QED) is 0.875. The molecule has 8 heteroatoms. The fourth-order valence-corrected chi connectivity index (χ4v) is 3.25. The van der Waals surface area contributed by atoms with Gasteiger partial charge in [0, 0.05) is 30.9 Å². The van der Waals surface area contributed by atoms with Crippen molar-refractivity contribution in [3.8, 4) is 0 Å². The molecule has 1 aromatic heterocycles. The third-order valence-electron chi connectivity index (χ3n) is 3.32. The van der Waals surface area contributed by atoms with Crippen LogP contribution in [-0.2, 0) is 6.18 Å². The van der Waals surface area contributed by atoms with Gasteiger partial charge in [-0.25, -0.2) is 0 Å². The van der Waals surface area contributed by atoms with Crippen LogP contribution in [0.4, 0.5) is 18.3 Å². The first-order valence-electron chi connectivity index (χ1n) is 6.43. The van der Waals surface area contributed by atoms with E-state index in [0.717, 1.165) is 38.3 Å². The highest BCUT2D eigenvalue weighted by atomic mass is 32.1. The van der Waals surface area contributed by atoms with Crippen LogP contribution in [0, 0.1) is 0 Å². The Hall–Kier alpha value is -1.67. The molecule has 0 aliphatic carbocycles. The van der Waals surface area contributed by atoms with E-state index < -0.39 is 17.3 Å². The topological polar surface area (TPSA) is 45.2 Å². The molecule has 2 heterocycles. The van der Waals surface area contributed by atoms with Gasteiger partial charge < -0.3 is 10.2 Å². The fraction of sp³-hybridized carbons (Fsp3) is 0.385. The number of benzene rings is 1. The van der Waals surface area contributed by atoms with Crippen LogP contribution in [-0.4, -0.2) is 31.2 Å². The van der Waals surface area contributed by atoms with Gasteiger partial charge in [-0.2, -0.15) is 18.2 Å². The van der Waals surface area contributed by atoms with E-state index in [1.807, 2.05) is 4.90 Å². The van der Waals surface area contributed by atoms with Gasteiger partial charge in [0.15, 0.2) is 5.13 Å². The minimum atomic E-state index is -4.46. The Labute approximate surface area is 122 Å². The Morgan fingerprint density at radius 2 is 1.95 bits per heavy atom. The molecule has 1 fully saturated rings. The van der Waals surface area contributed by atoms with Crippen LogP contribution in [0.3, 0.4) is 0 Å². The van der Waals surface area contributed by atoms with Gasteiger partial charge in [-0.3, -0.25) is 4.79 Å². The zero-order valence-electron chi connectivity index (χ0n) is 10.9. The highest BCUT2D eigenvalue weighted by Crippen LogP contribution is 2.32. The highest BCUT2D eigenvalue weighted by Gasteiger charge is 2.30. The largest absolute Gasteiger partial charge is 0.416 e. The maximum Gasteiger partial charge on any atom is 0.416 e. The Balaban J connectivity index is 2.07. The van der Waals surface area contributed by atoms with E-state index in [0.29, 0.717) is 9.83 Å². The fourth-order valence-electron chi connectivity index (χ4n) is 2.22. The minimum Gasteiger partial charge on any atom is -0.345 e. The smallest absolute Gasteiger partial charge is 0.345 e. The first-order chi connectivity index (χ1) is 9.95. The zero-order chi connectivity index (χ0) is 15.0. The average molecular weight is 315 g/mol. The molecular weight excluding hydrogens is 303 g/mol. The summed E-state index contributed by atoms with van der Waals surface area (Å²) < 4.78 is 38.6. The predicted molar refractivity (Wildman–Crippen MR) is 76.0 cm³/mol. The first-order valence-corrected chi connectivity index (χ1v) is 7.24. The molecule has 0 unspecified atom stereocenters. The lowest BCUT2D eigenvalue weighted by Gasteiger charge is -2.27. The molecule has 0 amide bonds. The normalized spacial score (nSPS) is 16.4. The summed E-state index contributed by atoms with van der Waals surface area (Å²) in [7, 11) is 0.